The standard InChI is InChI=1S/C26H25N3O5/c1-31-20-12-10-19(11-13-20)28-29-25(18-8-6-5-7-9-18)27-21(26(29)30)14-17-15-22(32-2)24(34-4)23(16-17)33-3/h5-16,28H,1-4H3. The average Bonchev–Trinajstić information content (AvgIpc) is 3.18. The fraction of sp³-hybridized carbons (Fsp3) is 0.154. The number of hydrogen-bond donors (Lipinski definition) is 1. The fourth-order valence-corrected chi connectivity index (χ4v) is 3.54. The first-order valence-corrected chi connectivity index (χ1v) is 10.5. The van der Waals surface area contributed by atoms with Crippen molar-refractivity contribution in [2.45, 2.75) is 0 Å². The maximum atomic E-state index is 13.4. The van der Waals surface area contributed by atoms with E-state index in [4.69, 9.17) is 18.9 Å². The minimum absolute atomic E-state index is 0.258. The molecule has 8 heteroatoms. The zero-order valence-electron chi connectivity index (χ0n) is 19.4. The van der Waals surface area contributed by atoms with Crippen LogP contribution in [0.4, 0.5) is 5.69 Å². The number of amidine groups is 1. The van der Waals surface area contributed by atoms with Crippen LogP contribution in [0.3, 0.4) is 0 Å². The van der Waals surface area contributed by atoms with Crippen molar-refractivity contribution >= 4 is 23.5 Å². The predicted molar refractivity (Wildman–Crippen MR) is 131 cm³/mol. The molecule has 0 aromatic heterocycles. The highest BCUT2D eigenvalue weighted by atomic mass is 16.5. The number of carbonyl (C=O) groups excluding carboxylic acids is 1. The van der Waals surface area contributed by atoms with Gasteiger partial charge in [-0.05, 0) is 48.0 Å². The summed E-state index contributed by atoms with van der Waals surface area (Å²) in [5, 5.41) is 1.43. The van der Waals surface area contributed by atoms with Crippen LogP contribution in [0.2, 0.25) is 0 Å². The maximum absolute atomic E-state index is 13.4. The Morgan fingerprint density at radius 1 is 0.824 bits per heavy atom. The molecule has 0 aliphatic carbocycles. The van der Waals surface area contributed by atoms with Gasteiger partial charge >= 0.3 is 0 Å². The molecule has 34 heavy (non-hydrogen) atoms. The first kappa shape index (κ1) is 22.7. The molecule has 1 aliphatic rings. The average molecular weight is 460 g/mol. The third kappa shape index (κ3) is 4.52. The predicted octanol–water partition coefficient (Wildman–Crippen LogP) is 4.38. The summed E-state index contributed by atoms with van der Waals surface area (Å²) in [5.74, 6) is 2.35. The monoisotopic (exact) mass is 459 g/mol. The highest BCUT2D eigenvalue weighted by Gasteiger charge is 2.32. The third-order valence-corrected chi connectivity index (χ3v) is 5.21. The minimum atomic E-state index is -0.302. The van der Waals surface area contributed by atoms with Gasteiger partial charge in [0.15, 0.2) is 17.3 Å². The van der Waals surface area contributed by atoms with E-state index in [-0.39, 0.29) is 11.6 Å². The molecule has 3 aromatic rings. The van der Waals surface area contributed by atoms with Gasteiger partial charge in [0.2, 0.25) is 5.75 Å². The lowest BCUT2D eigenvalue weighted by Crippen LogP contribution is -2.37. The molecule has 0 atom stereocenters. The Bertz CT molecular complexity index is 1210. The number of methoxy groups -OCH3 is 4. The Hall–Kier alpha value is -4.46. The highest BCUT2D eigenvalue weighted by molar-refractivity contribution is 6.20. The van der Waals surface area contributed by atoms with Crippen LogP contribution in [0.15, 0.2) is 77.4 Å². The van der Waals surface area contributed by atoms with Crippen molar-refractivity contribution in [3.8, 4) is 23.0 Å². The van der Waals surface area contributed by atoms with Crippen LogP contribution in [0.1, 0.15) is 11.1 Å². The van der Waals surface area contributed by atoms with Crippen molar-refractivity contribution in [3.63, 3.8) is 0 Å². The summed E-state index contributed by atoms with van der Waals surface area (Å²) < 4.78 is 21.5. The van der Waals surface area contributed by atoms with Gasteiger partial charge in [-0.3, -0.25) is 10.2 Å². The van der Waals surface area contributed by atoms with Crippen molar-refractivity contribution in [1.29, 1.82) is 0 Å². The molecule has 0 radical (unpaired) electrons. The van der Waals surface area contributed by atoms with Crippen molar-refractivity contribution in [2.75, 3.05) is 33.9 Å². The van der Waals surface area contributed by atoms with E-state index in [9.17, 15) is 4.79 Å². The number of hydrogen-bond acceptors (Lipinski definition) is 7. The van der Waals surface area contributed by atoms with Gasteiger partial charge in [0.25, 0.3) is 5.91 Å². The van der Waals surface area contributed by atoms with Gasteiger partial charge in [0.05, 0.1) is 34.1 Å². The molecule has 1 amide bonds. The lowest BCUT2D eigenvalue weighted by Gasteiger charge is -2.20. The van der Waals surface area contributed by atoms with E-state index in [0.717, 1.165) is 11.3 Å². The normalized spacial score (nSPS) is 14.1. The topological polar surface area (TPSA) is 81.6 Å². The SMILES string of the molecule is COc1ccc(NN2C(=O)C(=Cc3cc(OC)c(OC)c(OC)c3)N=C2c2ccccc2)cc1. The Kier molecular flexibility index (Phi) is 6.68. The molecule has 0 saturated heterocycles. The summed E-state index contributed by atoms with van der Waals surface area (Å²) in [5.41, 5.74) is 5.61. The molecule has 0 saturated carbocycles. The van der Waals surface area contributed by atoms with Gasteiger partial charge in [0.1, 0.15) is 11.4 Å². The summed E-state index contributed by atoms with van der Waals surface area (Å²) in [6.45, 7) is 0. The van der Waals surface area contributed by atoms with E-state index in [1.807, 2.05) is 54.6 Å². The Morgan fingerprint density at radius 3 is 2.03 bits per heavy atom. The molecule has 1 N–H and O–H groups in total. The smallest absolute Gasteiger partial charge is 0.297 e. The fourth-order valence-electron chi connectivity index (χ4n) is 3.54. The second-order valence-electron chi connectivity index (χ2n) is 7.27. The highest BCUT2D eigenvalue weighted by Crippen LogP contribution is 2.39. The summed E-state index contributed by atoms with van der Waals surface area (Å²) in [7, 11) is 6.23. The summed E-state index contributed by atoms with van der Waals surface area (Å²) in [6.07, 6.45) is 1.69. The maximum Gasteiger partial charge on any atom is 0.297 e. The molecule has 0 spiro atoms. The molecule has 4 rings (SSSR count). The number of hydrazine groups is 1. The van der Waals surface area contributed by atoms with Gasteiger partial charge in [0, 0.05) is 5.56 Å². The van der Waals surface area contributed by atoms with E-state index in [2.05, 4.69) is 10.4 Å². The van der Waals surface area contributed by atoms with Crippen molar-refractivity contribution in [1.82, 2.24) is 5.01 Å². The molecule has 174 valence electrons. The first-order valence-electron chi connectivity index (χ1n) is 10.5. The number of amides is 1. The Morgan fingerprint density at radius 2 is 1.47 bits per heavy atom. The molecule has 0 fully saturated rings. The molecular formula is C26H25N3O5. The molecule has 0 bridgehead atoms. The van der Waals surface area contributed by atoms with Crippen molar-refractivity contribution in [2.24, 2.45) is 4.99 Å². The third-order valence-electron chi connectivity index (χ3n) is 5.21. The van der Waals surface area contributed by atoms with Crippen LogP contribution in [0, 0.1) is 0 Å². The van der Waals surface area contributed by atoms with Crippen molar-refractivity contribution in [3.05, 3.63) is 83.6 Å². The van der Waals surface area contributed by atoms with Gasteiger partial charge < -0.3 is 18.9 Å². The summed E-state index contributed by atoms with van der Waals surface area (Å²) in [6, 6.07) is 20.3. The summed E-state index contributed by atoms with van der Waals surface area (Å²) in [4.78, 5) is 18.1. The van der Waals surface area contributed by atoms with Crippen LogP contribution in [0.5, 0.6) is 23.0 Å². The lowest BCUT2D eigenvalue weighted by molar-refractivity contribution is -0.121. The number of carbonyl (C=O) groups is 1. The number of rotatable bonds is 8. The van der Waals surface area contributed by atoms with E-state index in [1.54, 1.807) is 39.5 Å². The minimum Gasteiger partial charge on any atom is -0.497 e. The van der Waals surface area contributed by atoms with E-state index < -0.39 is 0 Å². The zero-order valence-corrected chi connectivity index (χ0v) is 19.4. The van der Waals surface area contributed by atoms with Gasteiger partial charge in [-0.1, -0.05) is 30.3 Å². The van der Waals surface area contributed by atoms with Crippen LogP contribution in [-0.4, -0.2) is 45.2 Å². The second kappa shape index (κ2) is 9.99. The molecule has 0 unspecified atom stereocenters. The van der Waals surface area contributed by atoms with E-state index in [1.165, 1.54) is 12.1 Å². The summed E-state index contributed by atoms with van der Waals surface area (Å²) >= 11 is 0. The number of anilines is 1. The van der Waals surface area contributed by atoms with E-state index >= 15 is 0 Å². The van der Waals surface area contributed by atoms with Gasteiger partial charge in [-0.15, -0.1) is 0 Å². The molecular weight excluding hydrogens is 434 g/mol. The lowest BCUT2D eigenvalue weighted by atomic mass is 10.1. The van der Waals surface area contributed by atoms with E-state index in [0.29, 0.717) is 34.3 Å². The molecule has 3 aromatic carbocycles. The number of nitrogens with zero attached hydrogens (tertiary/aromatic N) is 2. The number of benzene rings is 3. The molecule has 8 nitrogen and oxygen atoms in total. The van der Waals surface area contributed by atoms with Gasteiger partial charge in [-0.2, -0.15) is 5.01 Å². The van der Waals surface area contributed by atoms with Crippen LogP contribution in [0.25, 0.3) is 6.08 Å². The van der Waals surface area contributed by atoms with Gasteiger partial charge in [-0.25, -0.2) is 4.99 Å². The number of aliphatic imine (C=N–C) groups is 1. The van der Waals surface area contributed by atoms with Crippen LogP contribution in [-0.2, 0) is 4.79 Å². The van der Waals surface area contributed by atoms with Crippen molar-refractivity contribution < 1.29 is 23.7 Å². The van der Waals surface area contributed by atoms with Crippen LogP contribution < -0.4 is 24.4 Å². The Balaban J connectivity index is 1.74. The molecule has 1 aliphatic heterocycles. The Labute approximate surface area is 198 Å². The number of nitrogens with one attached hydrogen (secondary N) is 1. The van der Waals surface area contributed by atoms with Crippen LogP contribution >= 0.6 is 0 Å². The number of ether oxygens (including phenoxy) is 4. The largest absolute Gasteiger partial charge is 0.497 e. The quantitative estimate of drug-likeness (QED) is 0.504. The first-order chi connectivity index (χ1) is 16.6. The molecule has 1 heterocycles. The second-order valence-corrected chi connectivity index (χ2v) is 7.27. The zero-order chi connectivity index (χ0) is 24.1.